The summed E-state index contributed by atoms with van der Waals surface area (Å²) in [6.45, 7) is 4.42. The van der Waals surface area contributed by atoms with E-state index >= 15 is 0 Å². The smallest absolute Gasteiger partial charge is 0.134 e. The number of rotatable bonds is 4. The van der Waals surface area contributed by atoms with Crippen LogP contribution in [0.5, 0.6) is 0 Å². The molecule has 2 N–H and O–H groups in total. The molecule has 1 aromatic rings. The van der Waals surface area contributed by atoms with Gasteiger partial charge in [0, 0.05) is 30.6 Å². The number of halogens is 1. The van der Waals surface area contributed by atoms with Crippen LogP contribution in [0.1, 0.15) is 51.3 Å². The summed E-state index contributed by atoms with van der Waals surface area (Å²) in [6, 6.07) is 2.23. The molecular weight excluding hydrogens is 306 g/mol. The highest BCUT2D eigenvalue weighted by Gasteiger charge is 2.24. The standard InChI is InChI=1S/C14H22BrN3O/c1-9(2)14-17-12(15)7-13(18-14)16-11-6-4-3-5-10(11)8-19/h7,9-11,19H,3-6,8H2,1-2H3,(H,16,17,18). The van der Waals surface area contributed by atoms with Crippen molar-refractivity contribution in [1.29, 1.82) is 0 Å². The molecule has 0 bridgehead atoms. The molecule has 1 saturated carbocycles. The highest BCUT2D eigenvalue weighted by Crippen LogP contribution is 2.27. The van der Waals surface area contributed by atoms with E-state index < -0.39 is 0 Å². The third kappa shape index (κ3) is 3.89. The van der Waals surface area contributed by atoms with Crippen LogP contribution < -0.4 is 5.32 Å². The number of aliphatic hydroxyl groups excluding tert-OH is 1. The molecule has 5 heteroatoms. The van der Waals surface area contributed by atoms with Gasteiger partial charge in [0.15, 0.2) is 0 Å². The maximum Gasteiger partial charge on any atom is 0.134 e. The Hall–Kier alpha value is -0.680. The van der Waals surface area contributed by atoms with E-state index in [1.54, 1.807) is 0 Å². The Morgan fingerprint density at radius 1 is 1.37 bits per heavy atom. The molecule has 2 rings (SSSR count). The van der Waals surface area contributed by atoms with Crippen LogP contribution in [0, 0.1) is 5.92 Å². The van der Waals surface area contributed by atoms with Crippen molar-refractivity contribution < 1.29 is 5.11 Å². The summed E-state index contributed by atoms with van der Waals surface area (Å²) in [5.74, 6) is 2.34. The molecule has 1 aliphatic carbocycles. The van der Waals surface area contributed by atoms with Gasteiger partial charge in [-0.25, -0.2) is 9.97 Å². The fraction of sp³-hybridized carbons (Fsp3) is 0.714. The topological polar surface area (TPSA) is 58.0 Å². The van der Waals surface area contributed by atoms with Crippen molar-refractivity contribution in [2.75, 3.05) is 11.9 Å². The number of hydrogen-bond donors (Lipinski definition) is 2. The van der Waals surface area contributed by atoms with Crippen molar-refractivity contribution in [3.63, 3.8) is 0 Å². The van der Waals surface area contributed by atoms with Gasteiger partial charge in [0.2, 0.25) is 0 Å². The van der Waals surface area contributed by atoms with Gasteiger partial charge in [-0.2, -0.15) is 0 Å². The zero-order chi connectivity index (χ0) is 13.8. The first kappa shape index (κ1) is 14.7. The second-order valence-corrected chi connectivity index (χ2v) is 6.38. The van der Waals surface area contributed by atoms with Crippen LogP contribution in [0.25, 0.3) is 0 Å². The van der Waals surface area contributed by atoms with Gasteiger partial charge in [-0.15, -0.1) is 0 Å². The van der Waals surface area contributed by atoms with Crippen LogP contribution in [0.15, 0.2) is 10.7 Å². The predicted molar refractivity (Wildman–Crippen MR) is 80.3 cm³/mol. The molecule has 2 unspecified atom stereocenters. The van der Waals surface area contributed by atoms with Gasteiger partial charge in [0.1, 0.15) is 16.2 Å². The lowest BCUT2D eigenvalue weighted by atomic mass is 9.85. The van der Waals surface area contributed by atoms with E-state index in [-0.39, 0.29) is 6.61 Å². The number of hydrogen-bond acceptors (Lipinski definition) is 4. The normalized spacial score (nSPS) is 23.6. The molecule has 0 amide bonds. The zero-order valence-corrected chi connectivity index (χ0v) is 13.2. The molecule has 1 fully saturated rings. The van der Waals surface area contributed by atoms with E-state index in [2.05, 4.69) is 45.1 Å². The quantitative estimate of drug-likeness (QED) is 0.833. The Bertz CT molecular complexity index is 425. The summed E-state index contributed by atoms with van der Waals surface area (Å²) in [5, 5.41) is 12.9. The molecule has 1 aliphatic rings. The highest BCUT2D eigenvalue weighted by molar-refractivity contribution is 9.10. The van der Waals surface area contributed by atoms with Crippen molar-refractivity contribution in [2.24, 2.45) is 5.92 Å². The Labute approximate surface area is 123 Å². The minimum atomic E-state index is 0.251. The second kappa shape index (κ2) is 6.66. The summed E-state index contributed by atoms with van der Waals surface area (Å²) in [4.78, 5) is 8.94. The van der Waals surface area contributed by atoms with Gasteiger partial charge in [0.05, 0.1) is 0 Å². The van der Waals surface area contributed by atoms with E-state index in [4.69, 9.17) is 0 Å². The summed E-state index contributed by atoms with van der Waals surface area (Å²) in [6.07, 6.45) is 4.63. The number of nitrogens with zero attached hydrogens (tertiary/aromatic N) is 2. The molecule has 106 valence electrons. The monoisotopic (exact) mass is 327 g/mol. The van der Waals surface area contributed by atoms with E-state index in [1.165, 1.54) is 12.8 Å². The fourth-order valence-corrected chi connectivity index (χ4v) is 2.97. The van der Waals surface area contributed by atoms with Gasteiger partial charge >= 0.3 is 0 Å². The Balaban J connectivity index is 2.13. The maximum atomic E-state index is 9.45. The van der Waals surface area contributed by atoms with E-state index in [0.29, 0.717) is 17.9 Å². The van der Waals surface area contributed by atoms with Crippen LogP contribution in [0.4, 0.5) is 5.82 Å². The second-order valence-electron chi connectivity index (χ2n) is 5.57. The molecular formula is C14H22BrN3O. The average Bonchev–Trinajstić information content (AvgIpc) is 2.38. The summed E-state index contributed by atoms with van der Waals surface area (Å²) >= 11 is 3.44. The first-order valence-electron chi connectivity index (χ1n) is 7.02. The molecule has 1 heterocycles. The van der Waals surface area contributed by atoms with Crippen LogP contribution >= 0.6 is 15.9 Å². The first-order chi connectivity index (χ1) is 9.10. The number of aromatic nitrogens is 2. The molecule has 0 aromatic carbocycles. The lowest BCUT2D eigenvalue weighted by molar-refractivity contribution is 0.178. The molecule has 1 aromatic heterocycles. The van der Waals surface area contributed by atoms with Gasteiger partial charge < -0.3 is 10.4 Å². The lowest BCUT2D eigenvalue weighted by Gasteiger charge is -2.31. The lowest BCUT2D eigenvalue weighted by Crippen LogP contribution is -2.34. The number of aliphatic hydroxyl groups is 1. The van der Waals surface area contributed by atoms with Crippen molar-refractivity contribution in [3.8, 4) is 0 Å². The minimum absolute atomic E-state index is 0.251. The average molecular weight is 328 g/mol. The molecule has 0 radical (unpaired) electrons. The Kier molecular flexibility index (Phi) is 5.16. The summed E-state index contributed by atoms with van der Waals surface area (Å²) < 4.78 is 0.810. The summed E-state index contributed by atoms with van der Waals surface area (Å²) in [5.41, 5.74) is 0. The minimum Gasteiger partial charge on any atom is -0.396 e. The Morgan fingerprint density at radius 2 is 2.11 bits per heavy atom. The summed E-state index contributed by atoms with van der Waals surface area (Å²) in [7, 11) is 0. The molecule has 0 saturated heterocycles. The fourth-order valence-electron chi connectivity index (χ4n) is 2.57. The molecule has 0 spiro atoms. The SMILES string of the molecule is CC(C)c1nc(Br)cc(NC2CCCCC2CO)n1. The van der Waals surface area contributed by atoms with E-state index in [9.17, 15) is 5.11 Å². The van der Waals surface area contributed by atoms with Gasteiger partial charge in [-0.05, 0) is 28.8 Å². The highest BCUT2D eigenvalue weighted by atomic mass is 79.9. The molecule has 0 aliphatic heterocycles. The van der Waals surface area contributed by atoms with Gasteiger partial charge in [-0.1, -0.05) is 26.7 Å². The maximum absolute atomic E-state index is 9.45. The van der Waals surface area contributed by atoms with E-state index in [1.807, 2.05) is 6.07 Å². The van der Waals surface area contributed by atoms with Gasteiger partial charge in [-0.3, -0.25) is 0 Å². The number of nitrogens with one attached hydrogen (secondary N) is 1. The van der Waals surface area contributed by atoms with Crippen LogP contribution in [0.2, 0.25) is 0 Å². The first-order valence-corrected chi connectivity index (χ1v) is 7.81. The zero-order valence-electron chi connectivity index (χ0n) is 11.6. The predicted octanol–water partition coefficient (Wildman–Crippen LogP) is 3.33. The van der Waals surface area contributed by atoms with Crippen molar-refractivity contribution in [1.82, 2.24) is 9.97 Å². The third-order valence-electron chi connectivity index (χ3n) is 3.71. The van der Waals surface area contributed by atoms with Crippen LogP contribution in [0.3, 0.4) is 0 Å². The molecule has 4 nitrogen and oxygen atoms in total. The van der Waals surface area contributed by atoms with Gasteiger partial charge in [0.25, 0.3) is 0 Å². The molecule has 2 atom stereocenters. The van der Waals surface area contributed by atoms with E-state index in [0.717, 1.165) is 29.1 Å². The number of anilines is 1. The third-order valence-corrected chi connectivity index (χ3v) is 4.11. The van der Waals surface area contributed by atoms with Crippen LogP contribution in [-0.4, -0.2) is 27.7 Å². The molecule has 19 heavy (non-hydrogen) atoms. The van der Waals surface area contributed by atoms with Crippen LogP contribution in [-0.2, 0) is 0 Å². The largest absolute Gasteiger partial charge is 0.396 e. The van der Waals surface area contributed by atoms with Crippen molar-refractivity contribution in [2.45, 2.75) is 51.5 Å². The van der Waals surface area contributed by atoms with Crippen molar-refractivity contribution in [3.05, 3.63) is 16.5 Å². The Morgan fingerprint density at radius 3 is 2.79 bits per heavy atom. The van der Waals surface area contributed by atoms with Crippen molar-refractivity contribution >= 4 is 21.7 Å².